The van der Waals surface area contributed by atoms with Gasteiger partial charge in [-0.2, -0.15) is 11.8 Å². The van der Waals surface area contributed by atoms with E-state index >= 15 is 0 Å². The highest BCUT2D eigenvalue weighted by Crippen LogP contribution is 2.38. The lowest BCUT2D eigenvalue weighted by atomic mass is 10.1. The lowest BCUT2D eigenvalue weighted by Crippen LogP contribution is -2.34. The van der Waals surface area contributed by atoms with Crippen LogP contribution >= 0.6 is 23.1 Å². The smallest absolute Gasteiger partial charge is 0.254 e. The number of rotatable bonds is 5. The van der Waals surface area contributed by atoms with Crippen LogP contribution < -0.4 is 5.32 Å². The number of thiophene rings is 1. The number of amides is 1. The van der Waals surface area contributed by atoms with E-state index in [1.54, 1.807) is 11.3 Å². The van der Waals surface area contributed by atoms with Crippen LogP contribution in [-0.2, 0) is 12.2 Å². The molecule has 1 amide bonds. The molecule has 2 aromatic rings. The van der Waals surface area contributed by atoms with Crippen molar-refractivity contribution in [1.82, 2.24) is 9.88 Å². The monoisotopic (exact) mass is 336 g/mol. The number of thioether (sulfide) groups is 1. The van der Waals surface area contributed by atoms with Gasteiger partial charge in [0.2, 0.25) is 0 Å². The Morgan fingerprint density at radius 3 is 2.95 bits per heavy atom. The third-order valence-electron chi connectivity index (χ3n) is 3.81. The van der Waals surface area contributed by atoms with Crippen molar-refractivity contribution >= 4 is 29.0 Å². The third kappa shape index (κ3) is 3.09. The molecule has 1 aliphatic rings. The van der Waals surface area contributed by atoms with Crippen molar-refractivity contribution in [1.29, 1.82) is 0 Å². The molecule has 0 spiro atoms. The topological polar surface area (TPSA) is 54.3 Å². The first-order chi connectivity index (χ1) is 10.7. The van der Waals surface area contributed by atoms with E-state index in [1.807, 2.05) is 47.8 Å². The highest BCUT2D eigenvalue weighted by molar-refractivity contribution is 7.98. The minimum Gasteiger partial charge on any atom is -0.396 e. The van der Waals surface area contributed by atoms with Crippen molar-refractivity contribution in [2.45, 2.75) is 31.6 Å². The molecule has 2 N–H and O–H groups in total. The zero-order chi connectivity index (χ0) is 15.5. The molecule has 0 saturated carbocycles. The number of carbonyl (C=O) groups excluding carboxylic acids is 1. The van der Waals surface area contributed by atoms with E-state index in [-0.39, 0.29) is 18.6 Å². The largest absolute Gasteiger partial charge is 0.396 e. The minimum atomic E-state index is -0.0245. The number of nitrogens with zero attached hydrogens (tertiary/aromatic N) is 1. The Hall–Kier alpha value is -1.24. The SMILES string of the molecule is CC(CCO)NC(=O)c1c(-n2cccc2)sc2c1CCSC2. The van der Waals surface area contributed by atoms with E-state index in [9.17, 15) is 4.79 Å². The van der Waals surface area contributed by atoms with Gasteiger partial charge in [-0.05, 0) is 43.2 Å². The number of aliphatic hydroxyl groups is 1. The summed E-state index contributed by atoms with van der Waals surface area (Å²) in [7, 11) is 0. The molecule has 118 valence electrons. The molecule has 2 aromatic heterocycles. The molecule has 0 bridgehead atoms. The van der Waals surface area contributed by atoms with Crippen LogP contribution in [0.5, 0.6) is 0 Å². The normalized spacial score (nSPS) is 15.4. The fraction of sp³-hybridized carbons (Fsp3) is 0.438. The lowest BCUT2D eigenvalue weighted by Gasteiger charge is -2.16. The fourth-order valence-electron chi connectivity index (χ4n) is 2.67. The van der Waals surface area contributed by atoms with E-state index < -0.39 is 0 Å². The van der Waals surface area contributed by atoms with Crippen LogP contribution in [0.2, 0.25) is 0 Å². The third-order valence-corrected chi connectivity index (χ3v) is 6.22. The van der Waals surface area contributed by atoms with Crippen LogP contribution in [0.15, 0.2) is 24.5 Å². The molecule has 1 atom stereocenters. The molecule has 4 nitrogen and oxygen atoms in total. The Labute approximate surface area is 138 Å². The van der Waals surface area contributed by atoms with Gasteiger partial charge in [0, 0.05) is 35.7 Å². The van der Waals surface area contributed by atoms with E-state index in [0.29, 0.717) is 6.42 Å². The summed E-state index contributed by atoms with van der Waals surface area (Å²) >= 11 is 3.65. The Balaban J connectivity index is 1.97. The van der Waals surface area contributed by atoms with Gasteiger partial charge in [0.15, 0.2) is 0 Å². The van der Waals surface area contributed by atoms with Gasteiger partial charge >= 0.3 is 0 Å². The van der Waals surface area contributed by atoms with Crippen LogP contribution in [0, 0.1) is 0 Å². The summed E-state index contributed by atoms with van der Waals surface area (Å²) in [6, 6.07) is 3.93. The molecule has 0 radical (unpaired) electrons. The fourth-order valence-corrected chi connectivity index (χ4v) is 5.11. The van der Waals surface area contributed by atoms with Crippen LogP contribution in [-0.4, -0.2) is 34.0 Å². The predicted octanol–water partition coefficient (Wildman–Crippen LogP) is 2.83. The minimum absolute atomic E-state index is 0.0194. The molecule has 0 aromatic carbocycles. The van der Waals surface area contributed by atoms with Gasteiger partial charge in [-0.3, -0.25) is 4.79 Å². The van der Waals surface area contributed by atoms with Gasteiger partial charge in [0.1, 0.15) is 5.00 Å². The maximum absolute atomic E-state index is 12.8. The van der Waals surface area contributed by atoms with Crippen LogP contribution in [0.1, 0.15) is 34.1 Å². The van der Waals surface area contributed by atoms with E-state index in [2.05, 4.69) is 5.32 Å². The molecule has 1 unspecified atom stereocenters. The van der Waals surface area contributed by atoms with Gasteiger partial charge in [0.25, 0.3) is 5.91 Å². The second-order valence-corrected chi connectivity index (χ2v) is 7.65. The average Bonchev–Trinajstić information content (AvgIpc) is 3.14. The zero-order valence-corrected chi connectivity index (χ0v) is 14.2. The van der Waals surface area contributed by atoms with Crippen LogP contribution in [0.3, 0.4) is 0 Å². The molecular formula is C16H20N2O2S2. The first-order valence-electron chi connectivity index (χ1n) is 7.48. The Morgan fingerprint density at radius 1 is 1.45 bits per heavy atom. The molecule has 3 rings (SSSR count). The number of hydrogen-bond acceptors (Lipinski definition) is 4. The average molecular weight is 336 g/mol. The van der Waals surface area contributed by atoms with Crippen molar-refractivity contribution in [3.05, 3.63) is 40.5 Å². The van der Waals surface area contributed by atoms with Crippen molar-refractivity contribution < 1.29 is 9.90 Å². The first-order valence-corrected chi connectivity index (χ1v) is 9.45. The van der Waals surface area contributed by atoms with Crippen LogP contribution in [0.4, 0.5) is 0 Å². The summed E-state index contributed by atoms with van der Waals surface area (Å²) in [5.41, 5.74) is 2.03. The van der Waals surface area contributed by atoms with Gasteiger partial charge in [0.05, 0.1) is 5.56 Å². The predicted molar refractivity (Wildman–Crippen MR) is 92.1 cm³/mol. The van der Waals surface area contributed by atoms with E-state index in [4.69, 9.17) is 5.11 Å². The summed E-state index contributed by atoms with van der Waals surface area (Å²) in [5, 5.41) is 13.0. The van der Waals surface area contributed by atoms with Crippen molar-refractivity contribution in [2.24, 2.45) is 0 Å². The van der Waals surface area contributed by atoms with E-state index in [1.165, 1.54) is 10.4 Å². The maximum Gasteiger partial charge on any atom is 0.254 e. The number of nitrogens with one attached hydrogen (secondary N) is 1. The molecule has 0 fully saturated rings. The molecule has 1 aliphatic heterocycles. The van der Waals surface area contributed by atoms with E-state index in [0.717, 1.165) is 28.5 Å². The number of carbonyl (C=O) groups is 1. The molecule has 0 aliphatic carbocycles. The van der Waals surface area contributed by atoms with Crippen molar-refractivity contribution in [2.75, 3.05) is 12.4 Å². The standard InChI is InChI=1S/C16H20N2O2S2/c1-11(4-8-19)17-15(20)14-12-5-9-21-10-13(12)22-16(14)18-6-2-3-7-18/h2-3,6-7,11,19H,4-5,8-10H2,1H3,(H,17,20). The van der Waals surface area contributed by atoms with Gasteiger partial charge in [-0.25, -0.2) is 0 Å². The van der Waals surface area contributed by atoms with Gasteiger partial charge < -0.3 is 15.0 Å². The molecule has 0 saturated heterocycles. The molecule has 6 heteroatoms. The molecule has 3 heterocycles. The Morgan fingerprint density at radius 2 is 2.23 bits per heavy atom. The van der Waals surface area contributed by atoms with Crippen LogP contribution in [0.25, 0.3) is 5.00 Å². The lowest BCUT2D eigenvalue weighted by molar-refractivity contribution is 0.0934. The van der Waals surface area contributed by atoms with Crippen molar-refractivity contribution in [3.8, 4) is 5.00 Å². The summed E-state index contributed by atoms with van der Waals surface area (Å²) in [5.74, 6) is 2.05. The molecule has 22 heavy (non-hydrogen) atoms. The molecular weight excluding hydrogens is 316 g/mol. The quantitative estimate of drug-likeness (QED) is 0.883. The number of aliphatic hydroxyl groups excluding tert-OH is 1. The number of aromatic nitrogens is 1. The van der Waals surface area contributed by atoms with Gasteiger partial charge in [-0.15, -0.1) is 11.3 Å². The highest BCUT2D eigenvalue weighted by atomic mass is 32.2. The summed E-state index contributed by atoms with van der Waals surface area (Å²) in [6.07, 6.45) is 5.50. The summed E-state index contributed by atoms with van der Waals surface area (Å²) in [6.45, 7) is 2.02. The number of fused-ring (bicyclic) bond motifs is 1. The number of hydrogen-bond donors (Lipinski definition) is 2. The van der Waals surface area contributed by atoms with Gasteiger partial charge in [-0.1, -0.05) is 0 Å². The van der Waals surface area contributed by atoms with Crippen molar-refractivity contribution in [3.63, 3.8) is 0 Å². The highest BCUT2D eigenvalue weighted by Gasteiger charge is 2.26. The second kappa shape index (κ2) is 6.89. The summed E-state index contributed by atoms with van der Waals surface area (Å²) < 4.78 is 2.03. The first kappa shape index (κ1) is 15.6. The Kier molecular flexibility index (Phi) is 4.90. The Bertz CT molecular complexity index is 649. The zero-order valence-electron chi connectivity index (χ0n) is 12.5. The maximum atomic E-state index is 12.8. The summed E-state index contributed by atoms with van der Waals surface area (Å²) in [4.78, 5) is 14.1. The second-order valence-electron chi connectivity index (χ2n) is 5.46.